The van der Waals surface area contributed by atoms with Gasteiger partial charge in [-0.05, 0) is 36.1 Å². The predicted octanol–water partition coefficient (Wildman–Crippen LogP) is 3.57. The number of aryl methyl sites for hydroxylation is 1. The lowest BCUT2D eigenvalue weighted by Gasteiger charge is -2.07. The number of rotatable bonds is 1. The molecule has 0 bridgehead atoms. The molecule has 1 aliphatic rings. The number of amides is 1. The van der Waals surface area contributed by atoms with Crippen molar-refractivity contribution in [3.63, 3.8) is 0 Å². The van der Waals surface area contributed by atoms with E-state index < -0.39 is 0 Å². The van der Waals surface area contributed by atoms with Crippen LogP contribution in [0.15, 0.2) is 35.7 Å². The monoisotopic (exact) mass is 255 g/mol. The van der Waals surface area contributed by atoms with E-state index in [4.69, 9.17) is 0 Å². The maximum Gasteiger partial charge on any atom is 0.258 e. The number of benzene rings is 1. The number of hydrogen-bond donors (Lipinski definition) is 0. The number of carbonyl (C=O) groups excluding carboxylic acids is 1. The summed E-state index contributed by atoms with van der Waals surface area (Å²) in [6.45, 7) is 2.07. The average molecular weight is 255 g/mol. The fourth-order valence-corrected chi connectivity index (χ4v) is 3.06. The minimum atomic E-state index is 0.0731. The molecule has 0 radical (unpaired) electrons. The minimum absolute atomic E-state index is 0.0731. The van der Waals surface area contributed by atoms with Gasteiger partial charge in [0.15, 0.2) is 0 Å². The topological polar surface area (TPSA) is 20.3 Å². The number of nitrogens with zero attached hydrogens (tertiary/aromatic N) is 1. The summed E-state index contributed by atoms with van der Waals surface area (Å²) in [5.74, 6) is 0.0731. The fraction of sp³-hybridized carbons (Fsp3) is 0.133. The van der Waals surface area contributed by atoms with Crippen LogP contribution in [-0.4, -0.2) is 13.0 Å². The molecule has 2 aromatic rings. The van der Waals surface area contributed by atoms with Gasteiger partial charge in [0, 0.05) is 17.5 Å². The summed E-state index contributed by atoms with van der Waals surface area (Å²) in [5.41, 5.74) is 4.02. The lowest BCUT2D eigenvalue weighted by Crippen LogP contribution is -2.20. The van der Waals surface area contributed by atoms with Crippen LogP contribution in [0, 0.1) is 6.92 Å². The van der Waals surface area contributed by atoms with E-state index in [1.165, 1.54) is 5.56 Å². The zero-order chi connectivity index (χ0) is 12.7. The Hall–Kier alpha value is -1.87. The van der Waals surface area contributed by atoms with Gasteiger partial charge >= 0.3 is 0 Å². The summed E-state index contributed by atoms with van der Waals surface area (Å²) in [6.07, 6.45) is 2.00. The smallest absolute Gasteiger partial charge is 0.258 e. The van der Waals surface area contributed by atoms with E-state index in [1.54, 1.807) is 16.2 Å². The molecule has 18 heavy (non-hydrogen) atoms. The third-order valence-corrected chi connectivity index (χ3v) is 4.23. The molecule has 1 aromatic heterocycles. The Morgan fingerprint density at radius 2 is 2.00 bits per heavy atom. The predicted molar refractivity (Wildman–Crippen MR) is 76.8 cm³/mol. The first kappa shape index (κ1) is 11.2. The van der Waals surface area contributed by atoms with Crippen molar-refractivity contribution in [2.45, 2.75) is 6.92 Å². The molecule has 0 N–H and O–H groups in total. The van der Waals surface area contributed by atoms with Gasteiger partial charge in [-0.15, -0.1) is 11.3 Å². The maximum absolute atomic E-state index is 12.3. The maximum atomic E-state index is 12.3. The van der Waals surface area contributed by atoms with Gasteiger partial charge in [-0.2, -0.15) is 0 Å². The highest BCUT2D eigenvalue weighted by Gasteiger charge is 2.29. The highest BCUT2D eigenvalue weighted by molar-refractivity contribution is 7.11. The third-order valence-electron chi connectivity index (χ3n) is 3.27. The zero-order valence-electron chi connectivity index (χ0n) is 10.3. The van der Waals surface area contributed by atoms with E-state index in [-0.39, 0.29) is 5.91 Å². The molecular weight excluding hydrogens is 242 g/mol. The van der Waals surface area contributed by atoms with Gasteiger partial charge in [-0.3, -0.25) is 4.79 Å². The second-order valence-corrected chi connectivity index (χ2v) is 5.35. The summed E-state index contributed by atoms with van der Waals surface area (Å²) < 4.78 is 0. The van der Waals surface area contributed by atoms with E-state index in [9.17, 15) is 4.79 Å². The molecule has 2 heterocycles. The van der Waals surface area contributed by atoms with Crippen LogP contribution in [0.1, 0.15) is 16.0 Å². The van der Waals surface area contributed by atoms with Crippen molar-refractivity contribution in [2.24, 2.45) is 0 Å². The summed E-state index contributed by atoms with van der Waals surface area (Å²) in [5, 5.41) is 2.05. The van der Waals surface area contributed by atoms with Gasteiger partial charge in [0.05, 0.1) is 11.3 Å². The molecule has 0 saturated heterocycles. The summed E-state index contributed by atoms with van der Waals surface area (Å²) >= 11 is 1.67. The first-order chi connectivity index (χ1) is 8.68. The van der Waals surface area contributed by atoms with Crippen LogP contribution >= 0.6 is 11.3 Å². The van der Waals surface area contributed by atoms with Crippen molar-refractivity contribution in [2.75, 3.05) is 11.9 Å². The Morgan fingerprint density at radius 3 is 2.72 bits per heavy atom. The second-order valence-electron chi connectivity index (χ2n) is 4.41. The quantitative estimate of drug-likeness (QED) is 0.713. The standard InChI is InChI=1S/C15H13NOS/c1-10-7-8-18-14(10)9-12-11-5-3-4-6-13(11)16(2)15(12)17/h3-9H,1-2H3/b12-9-. The largest absolute Gasteiger partial charge is 0.311 e. The number of likely N-dealkylation sites (N-methyl/N-ethyl adjacent to an activating group) is 1. The number of thiophene rings is 1. The highest BCUT2D eigenvalue weighted by Crippen LogP contribution is 2.37. The van der Waals surface area contributed by atoms with Crippen molar-refractivity contribution in [3.8, 4) is 0 Å². The van der Waals surface area contributed by atoms with Gasteiger partial charge in [-0.25, -0.2) is 0 Å². The molecule has 0 spiro atoms. The van der Waals surface area contributed by atoms with Crippen LogP contribution < -0.4 is 4.90 Å². The molecule has 90 valence electrons. The van der Waals surface area contributed by atoms with E-state index in [2.05, 4.69) is 18.4 Å². The normalized spacial score (nSPS) is 16.4. The van der Waals surface area contributed by atoms with E-state index >= 15 is 0 Å². The lowest BCUT2D eigenvalue weighted by molar-refractivity contribution is -0.112. The van der Waals surface area contributed by atoms with Gasteiger partial charge in [0.2, 0.25) is 0 Å². The molecule has 3 heteroatoms. The number of hydrogen-bond acceptors (Lipinski definition) is 2. The molecule has 0 saturated carbocycles. The molecule has 0 unspecified atom stereocenters. The molecule has 0 aliphatic carbocycles. The van der Waals surface area contributed by atoms with Crippen LogP contribution in [0.3, 0.4) is 0 Å². The van der Waals surface area contributed by atoms with Gasteiger partial charge in [0.25, 0.3) is 5.91 Å². The first-order valence-corrected chi connectivity index (χ1v) is 6.69. The molecule has 2 nitrogen and oxygen atoms in total. The molecular formula is C15H13NOS. The van der Waals surface area contributed by atoms with Crippen molar-refractivity contribution < 1.29 is 4.79 Å². The molecule has 3 rings (SSSR count). The van der Waals surface area contributed by atoms with Crippen LogP contribution in [-0.2, 0) is 4.79 Å². The van der Waals surface area contributed by atoms with E-state index in [0.29, 0.717) is 0 Å². The van der Waals surface area contributed by atoms with E-state index in [0.717, 1.165) is 21.7 Å². The molecule has 1 amide bonds. The number of para-hydroxylation sites is 1. The average Bonchev–Trinajstić information content (AvgIpc) is 2.88. The summed E-state index contributed by atoms with van der Waals surface area (Å²) in [7, 11) is 1.82. The van der Waals surface area contributed by atoms with Crippen LogP contribution in [0.5, 0.6) is 0 Å². The minimum Gasteiger partial charge on any atom is -0.311 e. The number of carbonyl (C=O) groups is 1. The summed E-state index contributed by atoms with van der Waals surface area (Å²) in [4.78, 5) is 15.1. The lowest BCUT2D eigenvalue weighted by atomic mass is 10.1. The Morgan fingerprint density at radius 1 is 1.22 bits per heavy atom. The Balaban J connectivity index is 2.17. The third kappa shape index (κ3) is 1.59. The molecule has 1 aliphatic heterocycles. The molecule has 0 atom stereocenters. The SMILES string of the molecule is Cc1ccsc1/C=C1\C(=O)N(C)c2ccccc21. The first-order valence-electron chi connectivity index (χ1n) is 5.82. The Kier molecular flexibility index (Phi) is 2.56. The van der Waals surface area contributed by atoms with Gasteiger partial charge < -0.3 is 4.90 Å². The van der Waals surface area contributed by atoms with Crippen molar-refractivity contribution in [1.82, 2.24) is 0 Å². The molecule has 0 fully saturated rings. The zero-order valence-corrected chi connectivity index (χ0v) is 11.1. The van der Waals surface area contributed by atoms with Crippen molar-refractivity contribution >= 4 is 34.6 Å². The Bertz CT molecular complexity index is 654. The molecule has 1 aromatic carbocycles. The fourth-order valence-electron chi connectivity index (χ4n) is 2.20. The van der Waals surface area contributed by atoms with Gasteiger partial charge in [-0.1, -0.05) is 18.2 Å². The summed E-state index contributed by atoms with van der Waals surface area (Å²) in [6, 6.07) is 10.00. The highest BCUT2D eigenvalue weighted by atomic mass is 32.1. The number of fused-ring (bicyclic) bond motifs is 1. The van der Waals surface area contributed by atoms with Gasteiger partial charge in [0.1, 0.15) is 0 Å². The van der Waals surface area contributed by atoms with Crippen molar-refractivity contribution in [1.29, 1.82) is 0 Å². The van der Waals surface area contributed by atoms with Crippen molar-refractivity contribution in [3.05, 3.63) is 51.7 Å². The van der Waals surface area contributed by atoms with Crippen LogP contribution in [0.2, 0.25) is 0 Å². The van der Waals surface area contributed by atoms with E-state index in [1.807, 2.05) is 37.4 Å². The van der Waals surface area contributed by atoms with Crippen LogP contribution in [0.4, 0.5) is 5.69 Å². The Labute approximate surface area is 110 Å². The van der Waals surface area contributed by atoms with Crippen LogP contribution in [0.25, 0.3) is 11.6 Å². The second kappa shape index (κ2) is 4.10. The number of anilines is 1.